The molecular weight excluding hydrogens is 219 g/mol. The van der Waals surface area contributed by atoms with Crippen molar-refractivity contribution in [3.05, 3.63) is 29.6 Å². The van der Waals surface area contributed by atoms with Gasteiger partial charge in [-0.3, -0.25) is 0 Å². The Morgan fingerprint density at radius 3 is 2.76 bits per heavy atom. The number of benzene rings is 1. The van der Waals surface area contributed by atoms with Gasteiger partial charge >= 0.3 is 0 Å². The lowest BCUT2D eigenvalue weighted by Crippen LogP contribution is -2.33. The smallest absolute Gasteiger partial charge is 0.165 e. The molecular formula is C13H21FN2O. The number of phenolic OH excluding ortho intramolecular Hbond substituents is 1. The molecule has 0 radical (unpaired) electrons. The molecule has 0 aliphatic carbocycles. The van der Waals surface area contributed by atoms with Crippen molar-refractivity contribution < 1.29 is 9.50 Å². The van der Waals surface area contributed by atoms with Crippen LogP contribution < -0.4 is 5.32 Å². The third kappa shape index (κ3) is 4.32. The lowest BCUT2D eigenvalue weighted by molar-refractivity contribution is 0.273. The highest BCUT2D eigenvalue weighted by atomic mass is 19.1. The molecule has 0 fully saturated rings. The van der Waals surface area contributed by atoms with E-state index in [-0.39, 0.29) is 5.75 Å². The Morgan fingerprint density at radius 1 is 1.41 bits per heavy atom. The van der Waals surface area contributed by atoms with Gasteiger partial charge < -0.3 is 15.3 Å². The van der Waals surface area contributed by atoms with Gasteiger partial charge in [-0.1, -0.05) is 12.1 Å². The number of halogens is 1. The first kappa shape index (κ1) is 13.9. The van der Waals surface area contributed by atoms with Crippen molar-refractivity contribution in [3.63, 3.8) is 0 Å². The van der Waals surface area contributed by atoms with Crippen molar-refractivity contribution in [3.8, 4) is 5.75 Å². The summed E-state index contributed by atoms with van der Waals surface area (Å²) in [6, 6.07) is 5.09. The summed E-state index contributed by atoms with van der Waals surface area (Å²) in [6.45, 7) is 6.49. The van der Waals surface area contributed by atoms with Crippen LogP contribution in [0.3, 0.4) is 0 Å². The average Bonchev–Trinajstić information content (AvgIpc) is 2.29. The van der Waals surface area contributed by atoms with Crippen LogP contribution in [0.5, 0.6) is 5.75 Å². The highest BCUT2D eigenvalue weighted by Crippen LogP contribution is 2.19. The number of likely N-dealkylation sites (N-methyl/N-ethyl adjacent to an activating group) is 1. The molecule has 96 valence electrons. The topological polar surface area (TPSA) is 35.5 Å². The molecule has 1 aromatic carbocycles. The second-order valence-corrected chi connectivity index (χ2v) is 4.50. The van der Waals surface area contributed by atoms with Crippen LogP contribution in [-0.2, 0) is 6.54 Å². The van der Waals surface area contributed by atoms with E-state index in [1.165, 1.54) is 6.07 Å². The molecule has 2 N–H and O–H groups in total. The summed E-state index contributed by atoms with van der Waals surface area (Å²) in [4.78, 5) is 2.22. The number of rotatable bonds is 6. The summed E-state index contributed by atoms with van der Waals surface area (Å²) in [6.07, 6.45) is 0. The Morgan fingerprint density at radius 2 is 2.12 bits per heavy atom. The number of phenols is 1. The molecule has 0 unspecified atom stereocenters. The molecule has 0 aliphatic heterocycles. The average molecular weight is 240 g/mol. The van der Waals surface area contributed by atoms with Gasteiger partial charge in [-0.2, -0.15) is 0 Å². The van der Waals surface area contributed by atoms with E-state index >= 15 is 0 Å². The molecule has 17 heavy (non-hydrogen) atoms. The first-order valence-electron chi connectivity index (χ1n) is 5.89. The van der Waals surface area contributed by atoms with E-state index in [1.807, 2.05) is 0 Å². The van der Waals surface area contributed by atoms with E-state index < -0.39 is 5.82 Å². The molecule has 0 saturated heterocycles. The Hall–Kier alpha value is -1.13. The normalized spacial score (nSPS) is 11.4. The number of para-hydroxylation sites is 1. The molecule has 0 aliphatic rings. The maximum absolute atomic E-state index is 13.0. The first-order chi connectivity index (χ1) is 8.02. The monoisotopic (exact) mass is 240 g/mol. The van der Waals surface area contributed by atoms with Crippen LogP contribution in [0.15, 0.2) is 18.2 Å². The van der Waals surface area contributed by atoms with E-state index in [0.717, 1.165) is 13.1 Å². The third-order valence-corrected chi connectivity index (χ3v) is 2.91. The number of hydrogen-bond acceptors (Lipinski definition) is 3. The van der Waals surface area contributed by atoms with Crippen molar-refractivity contribution in [2.75, 3.05) is 20.1 Å². The standard InChI is InChI=1S/C13H21FN2O/c1-10(2)16(3)8-7-15-9-11-5-4-6-12(14)13(11)17/h4-6,10,15,17H,7-9H2,1-3H3. The maximum Gasteiger partial charge on any atom is 0.165 e. The lowest BCUT2D eigenvalue weighted by atomic mass is 10.2. The first-order valence-corrected chi connectivity index (χ1v) is 5.89. The van der Waals surface area contributed by atoms with E-state index in [4.69, 9.17) is 0 Å². The zero-order chi connectivity index (χ0) is 12.8. The fraction of sp³-hybridized carbons (Fsp3) is 0.538. The minimum absolute atomic E-state index is 0.253. The SMILES string of the molecule is CC(C)N(C)CCNCc1cccc(F)c1O. The van der Waals surface area contributed by atoms with Gasteiger partial charge in [0, 0.05) is 31.2 Å². The van der Waals surface area contributed by atoms with E-state index in [1.54, 1.807) is 12.1 Å². The highest BCUT2D eigenvalue weighted by molar-refractivity contribution is 5.33. The molecule has 0 atom stereocenters. The molecule has 0 amide bonds. The second-order valence-electron chi connectivity index (χ2n) is 4.50. The van der Waals surface area contributed by atoms with Crippen LogP contribution in [0.4, 0.5) is 4.39 Å². The summed E-state index contributed by atoms with van der Waals surface area (Å²) >= 11 is 0. The van der Waals surface area contributed by atoms with Crippen LogP contribution in [0.1, 0.15) is 19.4 Å². The summed E-state index contributed by atoms with van der Waals surface area (Å²) in [5.41, 5.74) is 0.595. The summed E-state index contributed by atoms with van der Waals surface area (Å²) in [5, 5.41) is 12.7. The number of hydrogen-bond donors (Lipinski definition) is 2. The zero-order valence-electron chi connectivity index (χ0n) is 10.7. The van der Waals surface area contributed by atoms with Gasteiger partial charge in [-0.05, 0) is 27.0 Å². The predicted molar refractivity (Wildman–Crippen MR) is 67.5 cm³/mol. The predicted octanol–water partition coefficient (Wildman–Crippen LogP) is 1.96. The summed E-state index contributed by atoms with van der Waals surface area (Å²) in [5.74, 6) is -0.819. The molecule has 0 spiro atoms. The number of nitrogens with one attached hydrogen (secondary N) is 1. The van der Waals surface area contributed by atoms with Crippen LogP contribution in [-0.4, -0.2) is 36.2 Å². The van der Waals surface area contributed by atoms with E-state index in [9.17, 15) is 9.50 Å². The quantitative estimate of drug-likeness (QED) is 0.746. The van der Waals surface area contributed by atoms with Crippen molar-refractivity contribution in [1.82, 2.24) is 10.2 Å². The van der Waals surface area contributed by atoms with Crippen LogP contribution in [0.2, 0.25) is 0 Å². The summed E-state index contributed by atoms with van der Waals surface area (Å²) < 4.78 is 13.0. The van der Waals surface area contributed by atoms with Crippen molar-refractivity contribution in [2.45, 2.75) is 26.4 Å². The van der Waals surface area contributed by atoms with Gasteiger partial charge in [0.2, 0.25) is 0 Å². The van der Waals surface area contributed by atoms with Crippen LogP contribution in [0, 0.1) is 5.82 Å². The Labute approximate surface area is 102 Å². The van der Waals surface area contributed by atoms with Crippen molar-refractivity contribution in [1.29, 1.82) is 0 Å². The van der Waals surface area contributed by atoms with Gasteiger partial charge in [0.15, 0.2) is 11.6 Å². The minimum atomic E-state index is -0.566. The molecule has 0 saturated carbocycles. The van der Waals surface area contributed by atoms with Crippen molar-refractivity contribution in [2.24, 2.45) is 0 Å². The minimum Gasteiger partial charge on any atom is -0.505 e. The van der Waals surface area contributed by atoms with Gasteiger partial charge in [-0.25, -0.2) is 4.39 Å². The van der Waals surface area contributed by atoms with Crippen LogP contribution >= 0.6 is 0 Å². The fourth-order valence-corrected chi connectivity index (χ4v) is 1.44. The van der Waals surface area contributed by atoms with E-state index in [2.05, 4.69) is 31.1 Å². The molecule has 0 heterocycles. The Balaban J connectivity index is 2.34. The molecule has 4 heteroatoms. The molecule has 1 aromatic rings. The molecule has 0 aromatic heterocycles. The fourth-order valence-electron chi connectivity index (χ4n) is 1.44. The Bertz CT molecular complexity index is 355. The second kappa shape index (κ2) is 6.57. The van der Waals surface area contributed by atoms with Gasteiger partial charge in [0.1, 0.15) is 0 Å². The third-order valence-electron chi connectivity index (χ3n) is 2.91. The Kier molecular flexibility index (Phi) is 5.38. The number of nitrogens with zero attached hydrogens (tertiary/aromatic N) is 1. The number of aromatic hydroxyl groups is 1. The molecule has 1 rings (SSSR count). The lowest BCUT2D eigenvalue weighted by Gasteiger charge is -2.21. The van der Waals surface area contributed by atoms with Crippen LogP contribution in [0.25, 0.3) is 0 Å². The maximum atomic E-state index is 13.0. The highest BCUT2D eigenvalue weighted by Gasteiger charge is 2.06. The largest absolute Gasteiger partial charge is 0.505 e. The molecule has 3 nitrogen and oxygen atoms in total. The van der Waals surface area contributed by atoms with Gasteiger partial charge in [0.05, 0.1) is 0 Å². The van der Waals surface area contributed by atoms with E-state index in [0.29, 0.717) is 18.2 Å². The zero-order valence-corrected chi connectivity index (χ0v) is 10.7. The van der Waals surface area contributed by atoms with Gasteiger partial charge in [0.25, 0.3) is 0 Å². The molecule has 0 bridgehead atoms. The van der Waals surface area contributed by atoms with Gasteiger partial charge in [-0.15, -0.1) is 0 Å². The van der Waals surface area contributed by atoms with Crippen molar-refractivity contribution >= 4 is 0 Å². The summed E-state index contributed by atoms with van der Waals surface area (Å²) in [7, 11) is 2.06.